The van der Waals surface area contributed by atoms with Crippen LogP contribution in [-0.2, 0) is 9.59 Å². The Morgan fingerprint density at radius 3 is 2.77 bits per heavy atom. The predicted molar refractivity (Wildman–Crippen MR) is 88.8 cm³/mol. The van der Waals surface area contributed by atoms with Crippen molar-refractivity contribution in [2.45, 2.75) is 36.5 Å². The van der Waals surface area contributed by atoms with Crippen molar-refractivity contribution in [1.82, 2.24) is 20.7 Å². The van der Waals surface area contributed by atoms with Crippen molar-refractivity contribution in [3.63, 3.8) is 0 Å². The summed E-state index contributed by atoms with van der Waals surface area (Å²) < 4.78 is 39.4. The van der Waals surface area contributed by atoms with Gasteiger partial charge < -0.3 is 4.90 Å². The molecule has 0 bridgehead atoms. The number of amides is 2. The summed E-state index contributed by atoms with van der Waals surface area (Å²) in [7, 11) is 0. The number of nitrogens with zero attached hydrogens (tertiary/aromatic N) is 3. The van der Waals surface area contributed by atoms with Crippen LogP contribution in [-0.4, -0.2) is 84.2 Å². The number of carbonyl (C=O) groups excluding carboxylic acids is 2. The van der Waals surface area contributed by atoms with Gasteiger partial charge in [0.25, 0.3) is 5.91 Å². The molecular weight excluding hydrogens is 375 g/mol. The summed E-state index contributed by atoms with van der Waals surface area (Å²) in [6.45, 7) is 1.25. The van der Waals surface area contributed by atoms with Crippen LogP contribution in [0.5, 0.6) is 0 Å². The van der Waals surface area contributed by atoms with Crippen LogP contribution in [0, 0.1) is 5.92 Å². The first-order valence-corrected chi connectivity index (χ1v) is 8.98. The average molecular weight is 396 g/mol. The Balaban J connectivity index is 1.60. The minimum absolute atomic E-state index is 0.0372. The smallest absolute Gasteiger partial charge is 0.340 e. The van der Waals surface area contributed by atoms with E-state index < -0.39 is 23.5 Å². The lowest BCUT2D eigenvalue weighted by Crippen LogP contribution is -2.65. The van der Waals surface area contributed by atoms with Gasteiger partial charge in [0.2, 0.25) is 5.91 Å². The largest absolute Gasteiger partial charge is 0.411 e. The summed E-state index contributed by atoms with van der Waals surface area (Å²) in [5.41, 5.74) is 5.17. The first kappa shape index (κ1) is 19.4. The Labute approximate surface area is 153 Å². The van der Waals surface area contributed by atoms with Crippen LogP contribution in [0.3, 0.4) is 0 Å². The molecule has 0 radical (unpaired) electrons. The second-order valence-corrected chi connectivity index (χ2v) is 7.28. The zero-order valence-electron chi connectivity index (χ0n) is 14.0. The molecule has 3 aliphatic rings. The molecule has 0 aromatic rings. The lowest BCUT2D eigenvalue weighted by molar-refractivity contribution is -0.163. The number of hydrazine groups is 1. The third-order valence-electron chi connectivity index (χ3n) is 5.10. The molecular formula is C15H21ClF3N5O2. The van der Waals surface area contributed by atoms with Crippen LogP contribution in [0.1, 0.15) is 12.8 Å². The number of aliphatic imine (C=N–C) groups is 1. The fraction of sp³-hybridized carbons (Fsp3) is 0.800. The molecule has 0 aliphatic carbocycles. The highest BCUT2D eigenvalue weighted by Gasteiger charge is 2.46. The Morgan fingerprint density at radius 2 is 2.08 bits per heavy atom. The number of rotatable bonds is 3. The molecule has 7 nitrogen and oxygen atoms in total. The van der Waals surface area contributed by atoms with Crippen molar-refractivity contribution in [3.8, 4) is 0 Å². The van der Waals surface area contributed by atoms with E-state index in [1.165, 1.54) is 11.1 Å². The van der Waals surface area contributed by atoms with Gasteiger partial charge in [-0.3, -0.25) is 24.9 Å². The quantitative estimate of drug-likeness (QED) is 0.667. The van der Waals surface area contributed by atoms with Gasteiger partial charge in [-0.2, -0.15) is 13.2 Å². The lowest BCUT2D eigenvalue weighted by atomic mass is 9.91. The molecule has 0 aromatic heterocycles. The summed E-state index contributed by atoms with van der Waals surface area (Å²) in [5.74, 6) is -1.33. The Hall–Kier alpha value is -1.39. The maximum atomic E-state index is 13.1. The van der Waals surface area contributed by atoms with E-state index >= 15 is 0 Å². The van der Waals surface area contributed by atoms with Crippen LogP contribution in [0.25, 0.3) is 0 Å². The minimum atomic E-state index is -4.40. The number of carbonyl (C=O) groups is 2. The van der Waals surface area contributed by atoms with Crippen LogP contribution >= 0.6 is 11.6 Å². The van der Waals surface area contributed by atoms with Gasteiger partial charge in [0, 0.05) is 38.1 Å². The minimum Gasteiger partial charge on any atom is -0.340 e. The van der Waals surface area contributed by atoms with Gasteiger partial charge in [0.1, 0.15) is 11.4 Å². The van der Waals surface area contributed by atoms with E-state index in [2.05, 4.69) is 15.8 Å². The van der Waals surface area contributed by atoms with Gasteiger partial charge in [-0.15, -0.1) is 11.6 Å². The Morgan fingerprint density at radius 1 is 1.31 bits per heavy atom. The number of hydrogen-bond donors (Lipinski definition) is 2. The molecule has 3 heterocycles. The van der Waals surface area contributed by atoms with E-state index in [1.807, 2.05) is 4.90 Å². The molecule has 3 rings (SSSR count). The molecule has 2 saturated heterocycles. The van der Waals surface area contributed by atoms with E-state index in [-0.39, 0.29) is 30.9 Å². The molecule has 0 aromatic carbocycles. The van der Waals surface area contributed by atoms with Crippen LogP contribution in [0.2, 0.25) is 0 Å². The molecule has 2 fully saturated rings. The molecule has 0 spiro atoms. The second kappa shape index (κ2) is 7.69. The van der Waals surface area contributed by atoms with Gasteiger partial charge in [-0.25, -0.2) is 5.43 Å². The zero-order valence-corrected chi connectivity index (χ0v) is 14.8. The van der Waals surface area contributed by atoms with Crippen molar-refractivity contribution in [2.24, 2.45) is 10.9 Å². The van der Waals surface area contributed by atoms with E-state index in [0.29, 0.717) is 32.5 Å². The number of nitrogens with one attached hydrogen (secondary N) is 2. The topological polar surface area (TPSA) is 77.0 Å². The molecule has 2 N–H and O–H groups in total. The third kappa shape index (κ3) is 4.12. The Bertz CT molecular complexity index is 588. The van der Waals surface area contributed by atoms with Gasteiger partial charge >= 0.3 is 6.18 Å². The van der Waals surface area contributed by atoms with Gasteiger partial charge in [-0.1, -0.05) is 0 Å². The highest BCUT2D eigenvalue weighted by molar-refractivity contribution is 6.31. The molecule has 2 amide bonds. The molecule has 0 saturated carbocycles. The first-order chi connectivity index (χ1) is 12.3. The van der Waals surface area contributed by atoms with Crippen LogP contribution in [0.4, 0.5) is 13.2 Å². The first-order valence-electron chi connectivity index (χ1n) is 8.54. The highest BCUT2D eigenvalue weighted by Crippen LogP contribution is 2.33. The number of halogens is 4. The molecule has 26 heavy (non-hydrogen) atoms. The fourth-order valence-corrected chi connectivity index (χ4v) is 3.99. The summed E-state index contributed by atoms with van der Waals surface area (Å²) in [6.07, 6.45) is -2.24. The normalized spacial score (nSPS) is 34.1. The summed E-state index contributed by atoms with van der Waals surface area (Å²) in [5, 5.41) is -0.780. The standard InChI is InChI=1S/C15H21ClF3N5O2/c16-12-10(6-21-22-14(12)26)23-4-5-24(11(25)8-23)7-9-2-1-3-20-13(9)15(17,18)19/h3,9-10,12-13,21H,1-2,4-8H2,(H,22,26). The van der Waals surface area contributed by atoms with Crippen molar-refractivity contribution in [3.05, 3.63) is 0 Å². The maximum absolute atomic E-state index is 13.1. The van der Waals surface area contributed by atoms with Gasteiger partial charge in [0.05, 0.1) is 6.54 Å². The Kier molecular flexibility index (Phi) is 5.73. The van der Waals surface area contributed by atoms with Crippen LogP contribution in [0.15, 0.2) is 4.99 Å². The van der Waals surface area contributed by atoms with Crippen LogP contribution < -0.4 is 10.9 Å². The maximum Gasteiger partial charge on any atom is 0.411 e. The molecule has 11 heteroatoms. The van der Waals surface area contributed by atoms with Crippen molar-refractivity contribution < 1.29 is 22.8 Å². The SMILES string of the molecule is O=C1NNCC(N2CCN(CC3CCC=NC3C(F)(F)F)C(=O)C2)C1Cl. The zero-order chi connectivity index (χ0) is 18.9. The molecule has 4 atom stereocenters. The van der Waals surface area contributed by atoms with Crippen molar-refractivity contribution >= 4 is 29.6 Å². The second-order valence-electron chi connectivity index (χ2n) is 6.81. The van der Waals surface area contributed by atoms with Crippen molar-refractivity contribution in [2.75, 3.05) is 32.7 Å². The fourth-order valence-electron chi connectivity index (χ4n) is 3.69. The highest BCUT2D eigenvalue weighted by atomic mass is 35.5. The third-order valence-corrected chi connectivity index (χ3v) is 5.59. The monoisotopic (exact) mass is 395 g/mol. The van der Waals surface area contributed by atoms with E-state index in [0.717, 1.165) is 0 Å². The number of piperazine rings is 1. The molecule has 3 aliphatic heterocycles. The predicted octanol–water partition coefficient (Wildman–Crippen LogP) is 0.153. The summed E-state index contributed by atoms with van der Waals surface area (Å²) >= 11 is 6.12. The van der Waals surface area contributed by atoms with E-state index in [9.17, 15) is 22.8 Å². The van der Waals surface area contributed by atoms with E-state index in [1.54, 1.807) is 0 Å². The van der Waals surface area contributed by atoms with E-state index in [4.69, 9.17) is 11.6 Å². The van der Waals surface area contributed by atoms with Gasteiger partial charge in [-0.05, 0) is 19.1 Å². The lowest BCUT2D eigenvalue weighted by Gasteiger charge is -2.43. The summed E-state index contributed by atoms with van der Waals surface area (Å²) in [4.78, 5) is 31.0. The van der Waals surface area contributed by atoms with Gasteiger partial charge in [0.15, 0.2) is 0 Å². The average Bonchev–Trinajstić information content (AvgIpc) is 2.59. The molecule has 146 valence electrons. The number of hydrogen-bond acceptors (Lipinski definition) is 5. The summed E-state index contributed by atoms with van der Waals surface area (Å²) in [6, 6.07) is -2.08. The molecule has 4 unspecified atom stereocenters. The van der Waals surface area contributed by atoms with Crippen molar-refractivity contribution in [1.29, 1.82) is 0 Å². The number of alkyl halides is 4.